The fraction of sp³-hybridized carbons (Fsp3) is 0.0769. The lowest BCUT2D eigenvalue weighted by molar-refractivity contribution is 0.102. The van der Waals surface area contributed by atoms with E-state index in [2.05, 4.69) is 39.4 Å². The number of aromatic nitrogens is 3. The zero-order valence-corrected chi connectivity index (χ0v) is 19.1. The van der Waals surface area contributed by atoms with Crippen molar-refractivity contribution in [3.63, 3.8) is 0 Å². The van der Waals surface area contributed by atoms with Crippen LogP contribution in [0, 0.1) is 11.3 Å². The van der Waals surface area contributed by atoms with E-state index in [1.807, 2.05) is 47.0 Å². The van der Waals surface area contributed by atoms with Crippen LogP contribution in [-0.4, -0.2) is 20.4 Å². The number of rotatable bonds is 5. The van der Waals surface area contributed by atoms with E-state index in [9.17, 15) is 10.1 Å². The van der Waals surface area contributed by atoms with Crippen molar-refractivity contribution in [3.8, 4) is 6.07 Å². The molecule has 5 rings (SSSR count). The van der Waals surface area contributed by atoms with Crippen LogP contribution in [0.25, 0.3) is 22.2 Å². The quantitative estimate of drug-likeness (QED) is 0.338. The molecule has 0 aliphatic heterocycles. The van der Waals surface area contributed by atoms with Gasteiger partial charge in [-0.15, -0.1) is 0 Å². The summed E-state index contributed by atoms with van der Waals surface area (Å²) >= 11 is 3.39. The lowest BCUT2D eigenvalue weighted by Crippen LogP contribution is -2.17. The normalized spacial score (nSPS) is 10.9. The minimum absolute atomic E-state index is 0.299. The Balaban J connectivity index is 1.64. The molecule has 0 saturated heterocycles. The fourth-order valence-electron chi connectivity index (χ4n) is 3.82. The number of para-hydroxylation sites is 2. The zero-order valence-electron chi connectivity index (χ0n) is 17.5. The first-order chi connectivity index (χ1) is 16.1. The molecule has 0 radical (unpaired) electrons. The number of aryl methyl sites for hydroxylation is 2. The number of carbonyl (C=O) groups is 1. The van der Waals surface area contributed by atoms with Crippen LogP contribution < -0.4 is 5.32 Å². The van der Waals surface area contributed by atoms with Gasteiger partial charge in [-0.2, -0.15) is 5.26 Å². The van der Waals surface area contributed by atoms with Gasteiger partial charge in [-0.05, 0) is 48.4 Å². The van der Waals surface area contributed by atoms with E-state index >= 15 is 0 Å². The minimum Gasteiger partial charge on any atom is -0.309 e. The average molecular weight is 496 g/mol. The molecule has 7 heteroatoms. The molecule has 33 heavy (non-hydrogen) atoms. The summed E-state index contributed by atoms with van der Waals surface area (Å²) in [6.45, 7) is 0.533. The summed E-state index contributed by atoms with van der Waals surface area (Å²) in [6.07, 6.45) is 0.713. The highest BCUT2D eigenvalue weighted by Gasteiger charge is 2.22. The van der Waals surface area contributed by atoms with E-state index < -0.39 is 0 Å². The Morgan fingerprint density at radius 2 is 1.61 bits per heavy atom. The van der Waals surface area contributed by atoms with E-state index in [0.717, 1.165) is 15.6 Å². The van der Waals surface area contributed by atoms with Crippen LogP contribution in [0.2, 0.25) is 0 Å². The molecule has 1 amide bonds. The van der Waals surface area contributed by atoms with Crippen molar-refractivity contribution in [2.45, 2.75) is 13.0 Å². The van der Waals surface area contributed by atoms with Crippen LogP contribution >= 0.6 is 15.9 Å². The Bertz CT molecular complexity index is 1520. The number of benzene rings is 3. The zero-order chi connectivity index (χ0) is 22.8. The summed E-state index contributed by atoms with van der Waals surface area (Å²) in [5, 5.41) is 13.0. The van der Waals surface area contributed by atoms with Crippen molar-refractivity contribution in [1.29, 1.82) is 5.26 Å². The highest BCUT2D eigenvalue weighted by molar-refractivity contribution is 9.10. The second kappa shape index (κ2) is 8.85. The van der Waals surface area contributed by atoms with Crippen molar-refractivity contribution in [3.05, 3.63) is 100 Å². The number of anilines is 1. The van der Waals surface area contributed by atoms with Gasteiger partial charge in [0.25, 0.3) is 5.91 Å². The molecule has 5 aromatic rings. The van der Waals surface area contributed by atoms with Crippen LogP contribution in [0.1, 0.15) is 21.5 Å². The van der Waals surface area contributed by atoms with Gasteiger partial charge < -0.3 is 9.88 Å². The van der Waals surface area contributed by atoms with Crippen molar-refractivity contribution < 1.29 is 4.79 Å². The van der Waals surface area contributed by atoms with Crippen molar-refractivity contribution in [2.24, 2.45) is 0 Å². The van der Waals surface area contributed by atoms with Crippen molar-refractivity contribution in [1.82, 2.24) is 14.5 Å². The van der Waals surface area contributed by atoms with E-state index in [1.165, 1.54) is 0 Å². The molecule has 0 atom stereocenters. The third-order valence-corrected chi connectivity index (χ3v) is 6.00. The SMILES string of the molecule is N#Cc1c(NC(=O)c2ccc(Br)cc2)n(CCc2ccccc2)c2nc3ccccc3nc12. The summed E-state index contributed by atoms with van der Waals surface area (Å²) in [4.78, 5) is 22.6. The molecule has 1 N–H and O–H groups in total. The lowest BCUT2D eigenvalue weighted by Gasteiger charge is -2.12. The first-order valence-electron chi connectivity index (χ1n) is 10.4. The number of fused-ring (bicyclic) bond motifs is 2. The third-order valence-electron chi connectivity index (χ3n) is 5.47. The first-order valence-corrected chi connectivity index (χ1v) is 11.2. The Morgan fingerprint density at radius 3 is 2.30 bits per heavy atom. The molecular formula is C26H18BrN5O. The van der Waals surface area contributed by atoms with Crippen molar-refractivity contribution in [2.75, 3.05) is 5.32 Å². The van der Waals surface area contributed by atoms with Gasteiger partial charge in [0.1, 0.15) is 23.0 Å². The Morgan fingerprint density at radius 1 is 0.939 bits per heavy atom. The summed E-state index contributed by atoms with van der Waals surface area (Å²) in [6, 6.07) is 26.9. The van der Waals surface area contributed by atoms with E-state index in [0.29, 0.717) is 46.6 Å². The molecule has 0 aliphatic rings. The summed E-state index contributed by atoms with van der Waals surface area (Å²) < 4.78 is 2.77. The van der Waals surface area contributed by atoms with Gasteiger partial charge in [0.2, 0.25) is 0 Å². The number of carbonyl (C=O) groups excluding carboxylic acids is 1. The van der Waals surface area contributed by atoms with Gasteiger partial charge in [0, 0.05) is 16.6 Å². The van der Waals surface area contributed by atoms with Crippen molar-refractivity contribution >= 4 is 49.9 Å². The maximum Gasteiger partial charge on any atom is 0.256 e. The predicted molar refractivity (Wildman–Crippen MR) is 132 cm³/mol. The topological polar surface area (TPSA) is 83.6 Å². The van der Waals surface area contributed by atoms with E-state index in [4.69, 9.17) is 9.97 Å². The van der Waals surface area contributed by atoms with Crippen LogP contribution in [-0.2, 0) is 13.0 Å². The third kappa shape index (κ3) is 4.09. The number of hydrogen-bond donors (Lipinski definition) is 1. The van der Waals surface area contributed by atoms with Crippen LogP contribution in [0.5, 0.6) is 0 Å². The van der Waals surface area contributed by atoms with Crippen LogP contribution in [0.3, 0.4) is 0 Å². The second-order valence-electron chi connectivity index (χ2n) is 7.57. The fourth-order valence-corrected chi connectivity index (χ4v) is 4.08. The van der Waals surface area contributed by atoms with Gasteiger partial charge in [0.15, 0.2) is 5.65 Å². The van der Waals surface area contributed by atoms with E-state index in [-0.39, 0.29) is 5.91 Å². The van der Waals surface area contributed by atoms with Gasteiger partial charge in [-0.1, -0.05) is 58.4 Å². The molecule has 0 unspecified atom stereocenters. The molecule has 160 valence electrons. The number of amides is 1. The van der Waals surface area contributed by atoms with E-state index in [1.54, 1.807) is 24.3 Å². The molecule has 6 nitrogen and oxygen atoms in total. The minimum atomic E-state index is -0.299. The smallest absolute Gasteiger partial charge is 0.256 e. The van der Waals surface area contributed by atoms with Crippen LogP contribution in [0.4, 0.5) is 5.82 Å². The molecule has 0 fully saturated rings. The number of nitrogens with one attached hydrogen (secondary N) is 1. The highest BCUT2D eigenvalue weighted by Crippen LogP contribution is 2.30. The standard InChI is InChI=1S/C26H18BrN5O/c27-19-12-10-18(11-13-19)26(33)31-24-20(16-28)23-25(30-22-9-5-4-8-21(22)29-23)32(24)15-14-17-6-2-1-3-7-17/h1-13H,14-15H2,(H,31,33). The molecule has 3 aromatic carbocycles. The number of nitriles is 1. The van der Waals surface area contributed by atoms with Gasteiger partial charge in [-0.3, -0.25) is 4.79 Å². The number of halogens is 1. The maximum absolute atomic E-state index is 13.0. The molecule has 0 saturated carbocycles. The second-order valence-corrected chi connectivity index (χ2v) is 8.48. The largest absolute Gasteiger partial charge is 0.309 e. The van der Waals surface area contributed by atoms with Gasteiger partial charge in [-0.25, -0.2) is 9.97 Å². The molecule has 0 spiro atoms. The monoisotopic (exact) mass is 495 g/mol. The molecule has 2 aromatic heterocycles. The van der Waals surface area contributed by atoms with Gasteiger partial charge >= 0.3 is 0 Å². The maximum atomic E-state index is 13.0. The number of nitrogens with zero attached hydrogens (tertiary/aromatic N) is 4. The van der Waals surface area contributed by atoms with Crippen LogP contribution in [0.15, 0.2) is 83.3 Å². The first kappa shape index (κ1) is 20.9. The predicted octanol–water partition coefficient (Wildman–Crippen LogP) is 5.71. The number of hydrogen-bond acceptors (Lipinski definition) is 4. The Hall–Kier alpha value is -4.02. The molecule has 0 aliphatic carbocycles. The Kier molecular flexibility index (Phi) is 5.59. The molecule has 0 bridgehead atoms. The lowest BCUT2D eigenvalue weighted by atomic mass is 10.1. The Labute approximate surface area is 198 Å². The summed E-state index contributed by atoms with van der Waals surface area (Å²) in [5.74, 6) is 0.110. The summed E-state index contributed by atoms with van der Waals surface area (Å²) in [5.41, 5.74) is 4.44. The average Bonchev–Trinajstić information content (AvgIpc) is 3.13. The highest BCUT2D eigenvalue weighted by atomic mass is 79.9. The molecular weight excluding hydrogens is 478 g/mol. The molecule has 2 heterocycles. The van der Waals surface area contributed by atoms with Gasteiger partial charge in [0.05, 0.1) is 11.0 Å². The summed E-state index contributed by atoms with van der Waals surface area (Å²) in [7, 11) is 0.